The summed E-state index contributed by atoms with van der Waals surface area (Å²) in [7, 11) is -3.06. The van der Waals surface area contributed by atoms with E-state index in [1.54, 1.807) is 0 Å². The van der Waals surface area contributed by atoms with E-state index in [1.165, 1.54) is 180 Å². The normalized spacial score (nSPS) is 12.5. The molecule has 0 fully saturated rings. The lowest BCUT2D eigenvalue weighted by atomic mass is 10.1. The molecule has 1 atom stereocenters. The van der Waals surface area contributed by atoms with Crippen molar-refractivity contribution in [3.8, 4) is 17.2 Å². The zero-order valence-corrected chi connectivity index (χ0v) is 41.4. The minimum Gasteiger partial charge on any atom is -0.490 e. The van der Waals surface area contributed by atoms with Crippen molar-refractivity contribution in [2.75, 3.05) is 52.5 Å². The van der Waals surface area contributed by atoms with Crippen molar-refractivity contribution in [1.82, 2.24) is 15.0 Å². The Morgan fingerprint density at radius 1 is 0.516 bits per heavy atom. The van der Waals surface area contributed by atoms with Crippen LogP contribution in [0.2, 0.25) is 0 Å². The van der Waals surface area contributed by atoms with Crippen LogP contribution in [-0.2, 0) is 27.2 Å². The molecule has 10 nitrogen and oxygen atoms in total. The predicted molar refractivity (Wildman–Crippen MR) is 259 cm³/mol. The molecule has 0 bridgehead atoms. The number of aromatic nitrogens is 3. The quantitative estimate of drug-likeness (QED) is 0.0512. The molecule has 62 heavy (non-hydrogen) atoms. The van der Waals surface area contributed by atoms with Crippen LogP contribution < -0.4 is 14.2 Å². The zero-order valence-electron chi connectivity index (χ0n) is 40.5. The Morgan fingerprint density at radius 3 is 1.32 bits per heavy atom. The molecule has 0 saturated heterocycles. The van der Waals surface area contributed by atoms with Crippen LogP contribution in [0.25, 0.3) is 0 Å². The second-order valence-electron chi connectivity index (χ2n) is 17.9. The first-order valence-corrected chi connectivity index (χ1v) is 28.0. The fraction of sp³-hybridized carbons (Fsp3) is 0.843. The van der Waals surface area contributed by atoms with Gasteiger partial charge in [-0.15, -0.1) is 5.10 Å². The van der Waals surface area contributed by atoms with Gasteiger partial charge in [0.25, 0.3) is 0 Å². The van der Waals surface area contributed by atoms with Crippen LogP contribution in [-0.4, -0.2) is 72.4 Å². The summed E-state index contributed by atoms with van der Waals surface area (Å²) in [5.41, 5.74) is 1.75. The molecule has 1 aromatic carbocycles. The number of unbranched alkanes of at least 4 members (excludes halogenated alkanes) is 27. The molecule has 0 aliphatic rings. The third-order valence-electron chi connectivity index (χ3n) is 11.5. The number of nitrogens with zero attached hydrogens (tertiary/aromatic N) is 3. The molecule has 0 amide bonds. The zero-order chi connectivity index (χ0) is 44.6. The smallest absolute Gasteiger partial charge is 0.203 e. The maximum atomic E-state index is 11.5. The van der Waals surface area contributed by atoms with Gasteiger partial charge in [-0.3, -0.25) is 4.57 Å². The van der Waals surface area contributed by atoms with Gasteiger partial charge in [0.15, 0.2) is 18.9 Å². The van der Waals surface area contributed by atoms with E-state index in [4.69, 9.17) is 23.7 Å². The van der Waals surface area contributed by atoms with E-state index >= 15 is 0 Å². The van der Waals surface area contributed by atoms with E-state index in [2.05, 4.69) is 43.2 Å². The van der Waals surface area contributed by atoms with Crippen LogP contribution >= 0.6 is 7.37 Å². The minimum atomic E-state index is -3.06. The summed E-state index contributed by atoms with van der Waals surface area (Å²) in [6.07, 6.45) is 40.6. The van der Waals surface area contributed by atoms with Crippen LogP contribution in [0.1, 0.15) is 225 Å². The maximum Gasteiger partial charge on any atom is 0.203 e. The van der Waals surface area contributed by atoms with Crippen LogP contribution in [0.5, 0.6) is 17.2 Å². The maximum absolute atomic E-state index is 11.5. The molecule has 11 heteroatoms. The third kappa shape index (κ3) is 31.7. The average Bonchev–Trinajstić information content (AvgIpc) is 3.70. The summed E-state index contributed by atoms with van der Waals surface area (Å²) in [6.45, 7) is 11.9. The Morgan fingerprint density at radius 2 is 0.903 bits per heavy atom. The van der Waals surface area contributed by atoms with E-state index in [-0.39, 0.29) is 12.8 Å². The van der Waals surface area contributed by atoms with Gasteiger partial charge in [0.1, 0.15) is 5.69 Å². The summed E-state index contributed by atoms with van der Waals surface area (Å²) in [6, 6.07) is 4.21. The van der Waals surface area contributed by atoms with Gasteiger partial charge in [-0.2, -0.15) is 0 Å². The summed E-state index contributed by atoms with van der Waals surface area (Å²) < 4.78 is 44.3. The molecule has 0 aliphatic carbocycles. The number of benzene rings is 1. The largest absolute Gasteiger partial charge is 0.490 e. The molecule has 360 valence electrons. The Balaban J connectivity index is 2.06. The molecule has 0 spiro atoms. The Labute approximate surface area is 380 Å². The topological polar surface area (TPSA) is 114 Å². The first-order chi connectivity index (χ1) is 30.4. The highest BCUT2D eigenvalue weighted by Gasteiger charge is 2.17. The Kier molecular flexibility index (Phi) is 35.5. The van der Waals surface area contributed by atoms with Crippen molar-refractivity contribution in [2.45, 2.75) is 227 Å². The molecule has 1 unspecified atom stereocenters. The first kappa shape index (κ1) is 56.0. The van der Waals surface area contributed by atoms with Crippen molar-refractivity contribution < 1.29 is 33.1 Å². The van der Waals surface area contributed by atoms with Gasteiger partial charge in [-0.1, -0.05) is 199 Å². The number of rotatable bonds is 46. The fourth-order valence-electron chi connectivity index (χ4n) is 7.69. The van der Waals surface area contributed by atoms with Gasteiger partial charge in [-0.25, -0.2) is 4.68 Å². The fourth-order valence-corrected chi connectivity index (χ4v) is 8.15. The minimum absolute atomic E-state index is 0.145. The van der Waals surface area contributed by atoms with Crippen LogP contribution in [0.15, 0.2) is 18.3 Å². The Hall–Kier alpha value is -2.13. The second-order valence-corrected chi connectivity index (χ2v) is 20.4. The van der Waals surface area contributed by atoms with Crippen molar-refractivity contribution in [3.05, 3.63) is 29.6 Å². The molecular formula is C51H94N3O7P. The van der Waals surface area contributed by atoms with Crippen molar-refractivity contribution in [1.29, 1.82) is 0 Å². The highest BCUT2D eigenvalue weighted by atomic mass is 31.2. The first-order valence-electron chi connectivity index (χ1n) is 25.7. The Bertz CT molecular complexity index is 1310. The average molecular weight is 892 g/mol. The van der Waals surface area contributed by atoms with Gasteiger partial charge in [0, 0.05) is 12.8 Å². The number of ether oxygens (including phenoxy) is 5. The van der Waals surface area contributed by atoms with Crippen LogP contribution in [0.3, 0.4) is 0 Å². The molecular weight excluding hydrogens is 798 g/mol. The van der Waals surface area contributed by atoms with E-state index in [0.29, 0.717) is 46.2 Å². The molecule has 2 rings (SSSR count). The standard InChI is InChI=1S/C51H94N3O7P/c1-5-8-11-14-17-20-23-26-29-32-35-59-49-42-47(44-54-45-48(52-53-54)46-58-39-38-57-40-41-62(4,55)56)43-50(60-36-33-30-27-24-21-18-15-12-9-6-2)51(49)61-37-34-31-28-25-22-19-16-13-10-7-3/h42-43,45H,5-41,44,46H2,1-4H3,(H,55,56). The number of hydrogen-bond acceptors (Lipinski definition) is 8. The SMILES string of the molecule is CCCCCCCCCCCCOc1cc(Cn2cc(COCCOCCP(C)(=O)O)nn2)cc(OCCCCCCCCCCCC)c1OCCCCCCCCCCCC. The highest BCUT2D eigenvalue weighted by Crippen LogP contribution is 2.40. The molecule has 2 aromatic rings. The summed E-state index contributed by atoms with van der Waals surface area (Å²) in [5, 5.41) is 8.75. The van der Waals surface area contributed by atoms with E-state index in [9.17, 15) is 9.46 Å². The van der Waals surface area contributed by atoms with Crippen molar-refractivity contribution >= 4 is 7.37 Å². The highest BCUT2D eigenvalue weighted by molar-refractivity contribution is 7.57. The molecule has 0 aliphatic heterocycles. The number of hydrogen-bond donors (Lipinski definition) is 1. The monoisotopic (exact) mass is 892 g/mol. The van der Waals surface area contributed by atoms with Gasteiger partial charge in [0.05, 0.1) is 59.0 Å². The van der Waals surface area contributed by atoms with Gasteiger partial charge in [-0.05, 0) is 37.0 Å². The molecule has 1 aromatic heterocycles. The molecule has 0 radical (unpaired) electrons. The lowest BCUT2D eigenvalue weighted by molar-refractivity contribution is 0.0443. The molecule has 1 N–H and O–H groups in total. The lowest BCUT2D eigenvalue weighted by Gasteiger charge is -2.19. The van der Waals surface area contributed by atoms with E-state index < -0.39 is 7.37 Å². The van der Waals surface area contributed by atoms with Crippen LogP contribution in [0.4, 0.5) is 0 Å². The third-order valence-corrected chi connectivity index (χ3v) is 12.6. The van der Waals surface area contributed by atoms with Gasteiger partial charge < -0.3 is 28.6 Å². The molecule has 1 heterocycles. The molecule has 0 saturated carbocycles. The summed E-state index contributed by atoms with van der Waals surface area (Å²) in [4.78, 5) is 9.44. The predicted octanol–water partition coefficient (Wildman–Crippen LogP) is 14.7. The van der Waals surface area contributed by atoms with E-state index in [1.807, 2.05) is 10.9 Å². The van der Waals surface area contributed by atoms with E-state index in [0.717, 1.165) is 47.8 Å². The van der Waals surface area contributed by atoms with Crippen LogP contribution in [0, 0.1) is 0 Å². The second kappa shape index (κ2) is 39.3. The van der Waals surface area contributed by atoms with Crippen molar-refractivity contribution in [3.63, 3.8) is 0 Å². The van der Waals surface area contributed by atoms with Crippen molar-refractivity contribution in [2.24, 2.45) is 0 Å². The lowest BCUT2D eigenvalue weighted by Crippen LogP contribution is -2.08. The summed E-state index contributed by atoms with van der Waals surface area (Å²) >= 11 is 0. The van der Waals surface area contributed by atoms with Gasteiger partial charge in [0.2, 0.25) is 5.75 Å². The van der Waals surface area contributed by atoms with Gasteiger partial charge >= 0.3 is 0 Å². The summed E-state index contributed by atoms with van der Waals surface area (Å²) in [5.74, 6) is 2.25.